The summed E-state index contributed by atoms with van der Waals surface area (Å²) in [5.41, 5.74) is 0.207. The standard InChI is InChI=1S/C23H14ClF2N3O3/c24-19-20(23(32)29(22(19)31)18-8-4-2-6-16(18)26)27-14-11-9-13(10-12-14)21(30)28-17-7-3-1-5-15(17)25/h1-12,27H,(H,28,30). The Hall–Kier alpha value is -4.04. The Balaban J connectivity index is 1.50. The largest absolute Gasteiger partial charge is 0.350 e. The molecule has 3 amide bonds. The van der Waals surface area contributed by atoms with E-state index in [-0.39, 0.29) is 27.7 Å². The van der Waals surface area contributed by atoms with Crippen LogP contribution < -0.4 is 15.5 Å². The molecule has 0 spiro atoms. The second-order valence-corrected chi connectivity index (χ2v) is 7.10. The third kappa shape index (κ3) is 3.95. The van der Waals surface area contributed by atoms with Crippen LogP contribution in [0.3, 0.4) is 0 Å². The summed E-state index contributed by atoms with van der Waals surface area (Å²) in [4.78, 5) is 38.1. The molecule has 1 aliphatic rings. The Morgan fingerprint density at radius 3 is 2.09 bits per heavy atom. The van der Waals surface area contributed by atoms with Crippen LogP contribution in [0, 0.1) is 11.6 Å². The van der Waals surface area contributed by atoms with Gasteiger partial charge in [-0.2, -0.15) is 0 Å². The molecule has 0 radical (unpaired) electrons. The highest BCUT2D eigenvalue weighted by Crippen LogP contribution is 2.31. The number of anilines is 3. The Morgan fingerprint density at radius 2 is 1.44 bits per heavy atom. The summed E-state index contributed by atoms with van der Waals surface area (Å²) in [6.07, 6.45) is 0. The molecule has 2 N–H and O–H groups in total. The number of carbonyl (C=O) groups is 3. The summed E-state index contributed by atoms with van der Waals surface area (Å²) >= 11 is 6.04. The van der Waals surface area contributed by atoms with Crippen LogP contribution in [0.2, 0.25) is 0 Å². The summed E-state index contributed by atoms with van der Waals surface area (Å²) in [6, 6.07) is 17.0. The fraction of sp³-hybridized carbons (Fsp3) is 0. The molecule has 9 heteroatoms. The van der Waals surface area contributed by atoms with Gasteiger partial charge >= 0.3 is 0 Å². The lowest BCUT2D eigenvalue weighted by Crippen LogP contribution is -2.33. The Morgan fingerprint density at radius 1 is 0.812 bits per heavy atom. The first-order valence-corrected chi connectivity index (χ1v) is 9.70. The molecule has 1 aliphatic heterocycles. The average Bonchev–Trinajstić information content (AvgIpc) is 2.99. The molecule has 0 unspecified atom stereocenters. The average molecular weight is 454 g/mol. The van der Waals surface area contributed by atoms with E-state index >= 15 is 0 Å². The van der Waals surface area contributed by atoms with Crippen LogP contribution in [-0.4, -0.2) is 17.7 Å². The molecule has 0 bridgehead atoms. The van der Waals surface area contributed by atoms with Gasteiger partial charge in [0.2, 0.25) is 0 Å². The van der Waals surface area contributed by atoms with Crippen molar-refractivity contribution < 1.29 is 23.2 Å². The van der Waals surface area contributed by atoms with Crippen LogP contribution >= 0.6 is 11.6 Å². The third-order valence-electron chi connectivity index (χ3n) is 4.66. The summed E-state index contributed by atoms with van der Waals surface area (Å²) in [5.74, 6) is -3.51. The number of amides is 3. The molecule has 0 aliphatic carbocycles. The second kappa shape index (κ2) is 8.60. The number of hydrogen-bond acceptors (Lipinski definition) is 4. The van der Waals surface area contributed by atoms with Gasteiger partial charge < -0.3 is 10.6 Å². The second-order valence-electron chi connectivity index (χ2n) is 6.72. The molecule has 3 aromatic rings. The van der Waals surface area contributed by atoms with Crippen molar-refractivity contribution in [1.82, 2.24) is 0 Å². The van der Waals surface area contributed by atoms with E-state index in [2.05, 4.69) is 10.6 Å². The number of nitrogens with zero attached hydrogens (tertiary/aromatic N) is 1. The van der Waals surface area contributed by atoms with Crippen LogP contribution in [0.4, 0.5) is 25.8 Å². The zero-order valence-electron chi connectivity index (χ0n) is 16.2. The highest BCUT2D eigenvalue weighted by Gasteiger charge is 2.40. The smallest absolute Gasteiger partial charge is 0.283 e. The molecule has 3 aromatic carbocycles. The highest BCUT2D eigenvalue weighted by molar-refractivity contribution is 6.53. The molecule has 4 rings (SSSR count). The van der Waals surface area contributed by atoms with E-state index in [4.69, 9.17) is 11.6 Å². The van der Waals surface area contributed by atoms with E-state index in [0.717, 1.165) is 6.07 Å². The predicted octanol–water partition coefficient (Wildman–Crippen LogP) is 4.65. The van der Waals surface area contributed by atoms with E-state index in [1.807, 2.05) is 0 Å². The predicted molar refractivity (Wildman–Crippen MR) is 116 cm³/mol. The Labute approximate surface area is 186 Å². The minimum absolute atomic E-state index is 0.0416. The highest BCUT2D eigenvalue weighted by atomic mass is 35.5. The fourth-order valence-electron chi connectivity index (χ4n) is 3.07. The third-order valence-corrected chi connectivity index (χ3v) is 5.01. The number of carbonyl (C=O) groups excluding carboxylic acids is 3. The maximum Gasteiger partial charge on any atom is 0.283 e. The van der Waals surface area contributed by atoms with Gasteiger partial charge in [0.15, 0.2) is 0 Å². The zero-order valence-corrected chi connectivity index (χ0v) is 17.0. The van der Waals surface area contributed by atoms with Crippen molar-refractivity contribution >= 4 is 46.4 Å². The number of halogens is 3. The minimum atomic E-state index is -0.856. The number of nitrogens with one attached hydrogen (secondary N) is 2. The van der Waals surface area contributed by atoms with E-state index in [1.165, 1.54) is 60.7 Å². The van der Waals surface area contributed by atoms with Gasteiger partial charge in [0, 0.05) is 11.3 Å². The van der Waals surface area contributed by atoms with Crippen molar-refractivity contribution in [3.63, 3.8) is 0 Å². The summed E-state index contributed by atoms with van der Waals surface area (Å²) < 4.78 is 27.8. The monoisotopic (exact) mass is 453 g/mol. The molecular weight excluding hydrogens is 440 g/mol. The summed E-state index contributed by atoms with van der Waals surface area (Å²) in [6.45, 7) is 0. The van der Waals surface area contributed by atoms with Gasteiger partial charge in [-0.05, 0) is 48.5 Å². The van der Waals surface area contributed by atoms with Gasteiger partial charge in [0.1, 0.15) is 22.4 Å². The number of benzene rings is 3. The molecule has 6 nitrogen and oxygen atoms in total. The van der Waals surface area contributed by atoms with Crippen molar-refractivity contribution in [3.05, 3.63) is 101 Å². The van der Waals surface area contributed by atoms with Gasteiger partial charge in [-0.15, -0.1) is 0 Å². The first-order valence-electron chi connectivity index (χ1n) is 9.33. The maximum atomic E-state index is 14.1. The van der Waals surface area contributed by atoms with Crippen LogP contribution in [0.15, 0.2) is 83.5 Å². The van der Waals surface area contributed by atoms with Gasteiger partial charge in [-0.1, -0.05) is 35.9 Å². The van der Waals surface area contributed by atoms with Gasteiger partial charge in [-0.25, -0.2) is 13.7 Å². The van der Waals surface area contributed by atoms with Crippen molar-refractivity contribution in [2.75, 3.05) is 15.5 Å². The normalized spacial score (nSPS) is 13.5. The lowest BCUT2D eigenvalue weighted by atomic mass is 10.2. The van der Waals surface area contributed by atoms with Crippen LogP contribution in [0.25, 0.3) is 0 Å². The van der Waals surface area contributed by atoms with E-state index < -0.39 is 29.4 Å². The molecule has 0 saturated carbocycles. The molecular formula is C23H14ClF2N3O3. The first-order chi connectivity index (χ1) is 15.4. The van der Waals surface area contributed by atoms with Crippen molar-refractivity contribution in [2.24, 2.45) is 0 Å². The fourth-order valence-corrected chi connectivity index (χ4v) is 3.28. The van der Waals surface area contributed by atoms with E-state index in [9.17, 15) is 23.2 Å². The lowest BCUT2D eigenvalue weighted by Gasteiger charge is -2.15. The van der Waals surface area contributed by atoms with Gasteiger partial charge in [0.05, 0.1) is 11.4 Å². The molecule has 0 atom stereocenters. The number of imide groups is 1. The number of para-hydroxylation sites is 2. The molecule has 0 fully saturated rings. The number of rotatable bonds is 5. The molecule has 1 heterocycles. The molecule has 0 saturated heterocycles. The molecule has 160 valence electrons. The van der Waals surface area contributed by atoms with Gasteiger partial charge in [-0.3, -0.25) is 14.4 Å². The van der Waals surface area contributed by atoms with Crippen molar-refractivity contribution in [2.45, 2.75) is 0 Å². The van der Waals surface area contributed by atoms with Crippen LogP contribution in [0.5, 0.6) is 0 Å². The van der Waals surface area contributed by atoms with Crippen LogP contribution in [0.1, 0.15) is 10.4 Å². The van der Waals surface area contributed by atoms with Crippen molar-refractivity contribution in [3.8, 4) is 0 Å². The summed E-state index contributed by atoms with van der Waals surface area (Å²) in [7, 11) is 0. The minimum Gasteiger partial charge on any atom is -0.350 e. The topological polar surface area (TPSA) is 78.5 Å². The lowest BCUT2D eigenvalue weighted by molar-refractivity contribution is -0.120. The Bertz CT molecular complexity index is 1280. The van der Waals surface area contributed by atoms with E-state index in [1.54, 1.807) is 6.07 Å². The number of hydrogen-bond donors (Lipinski definition) is 2. The summed E-state index contributed by atoms with van der Waals surface area (Å²) in [5, 5.41) is 4.81. The quantitative estimate of drug-likeness (QED) is 0.551. The Kier molecular flexibility index (Phi) is 5.70. The van der Waals surface area contributed by atoms with Crippen LogP contribution in [-0.2, 0) is 9.59 Å². The van der Waals surface area contributed by atoms with E-state index in [0.29, 0.717) is 10.6 Å². The molecule has 32 heavy (non-hydrogen) atoms. The van der Waals surface area contributed by atoms with Gasteiger partial charge in [0.25, 0.3) is 17.7 Å². The maximum absolute atomic E-state index is 14.1. The molecule has 0 aromatic heterocycles. The first kappa shape index (κ1) is 21.2. The van der Waals surface area contributed by atoms with Crippen molar-refractivity contribution in [1.29, 1.82) is 0 Å². The SMILES string of the molecule is O=C(Nc1ccccc1F)c1ccc(NC2=C(Cl)C(=O)N(c3ccccc3F)C2=O)cc1. The zero-order chi connectivity index (χ0) is 22.8.